The molecule has 2 atom stereocenters. The molecule has 0 radical (unpaired) electrons. The Morgan fingerprint density at radius 2 is 1.90 bits per heavy atom. The van der Waals surface area contributed by atoms with E-state index in [1.54, 1.807) is 7.11 Å². The Kier molecular flexibility index (Phi) is 11.2. The predicted octanol–water partition coefficient (Wildman–Crippen LogP) is 5.89. The van der Waals surface area contributed by atoms with Crippen molar-refractivity contribution in [1.82, 2.24) is 0 Å². The Hall–Kier alpha value is -1.79. The van der Waals surface area contributed by atoms with Crippen LogP contribution >= 0.6 is 15.9 Å². The predicted molar refractivity (Wildman–Crippen MR) is 124 cm³/mol. The van der Waals surface area contributed by atoms with Gasteiger partial charge in [-0.1, -0.05) is 42.8 Å². The maximum atomic E-state index is 11.0. The molecule has 0 aliphatic rings. The summed E-state index contributed by atoms with van der Waals surface area (Å²) in [6, 6.07) is 3.75. The number of esters is 1. The van der Waals surface area contributed by atoms with E-state index in [-0.39, 0.29) is 11.9 Å². The Labute approximate surface area is 189 Å². The summed E-state index contributed by atoms with van der Waals surface area (Å²) in [7, 11) is 1.61. The van der Waals surface area contributed by atoms with Gasteiger partial charge in [0, 0.05) is 28.5 Å². The highest BCUT2D eigenvalue weighted by atomic mass is 79.9. The Morgan fingerprint density at radius 3 is 2.47 bits per heavy atom. The molecule has 1 rings (SSSR count). The van der Waals surface area contributed by atoms with E-state index >= 15 is 0 Å². The molecule has 30 heavy (non-hydrogen) atoms. The van der Waals surface area contributed by atoms with Gasteiger partial charge in [-0.05, 0) is 50.0 Å². The number of hydrogen-bond donors (Lipinski definition) is 1. The topological polar surface area (TPSA) is 65.0 Å². The molecule has 0 fully saturated rings. The number of carbonyl (C=O) groups is 1. The molecule has 1 aromatic rings. The zero-order valence-corrected chi connectivity index (χ0v) is 20.7. The smallest absolute Gasteiger partial charge is 0.302 e. The van der Waals surface area contributed by atoms with Gasteiger partial charge in [0.25, 0.3) is 0 Å². The molecule has 5 nitrogen and oxygen atoms in total. The van der Waals surface area contributed by atoms with Crippen molar-refractivity contribution in [1.29, 1.82) is 0 Å². The lowest BCUT2D eigenvalue weighted by Gasteiger charge is -2.20. The highest BCUT2D eigenvalue weighted by Crippen LogP contribution is 2.36. The molecule has 0 spiro atoms. The second-order valence-corrected chi connectivity index (χ2v) is 8.76. The average molecular weight is 483 g/mol. The number of benzene rings is 1. The molecule has 1 unspecified atom stereocenters. The minimum Gasteiger partial charge on any atom is -0.496 e. The lowest BCUT2D eigenvalue weighted by molar-refractivity contribution is -0.141. The van der Waals surface area contributed by atoms with Crippen LogP contribution in [0.5, 0.6) is 11.5 Å². The standard InChI is InChI=1S/C24H35BrO5/c1-15(2)13-21(27)20-10-11-22(18(5)24(20)28-7)29-12-8-9-16(3)23(25)17(4)14-30-19(6)26/h8-11,15,17,21,27H,12-14H2,1-7H3/b9-8-,23-16+/t17?,21-/m0/s1. The van der Waals surface area contributed by atoms with E-state index in [2.05, 4.69) is 29.8 Å². The zero-order chi connectivity index (χ0) is 22.8. The molecule has 0 aliphatic carbocycles. The van der Waals surface area contributed by atoms with Crippen LogP contribution in [0.15, 0.2) is 34.3 Å². The number of aliphatic hydroxyl groups is 1. The van der Waals surface area contributed by atoms with Crippen LogP contribution in [0.25, 0.3) is 0 Å². The van der Waals surface area contributed by atoms with Crippen molar-refractivity contribution in [3.8, 4) is 11.5 Å². The third kappa shape index (κ3) is 8.15. The molecule has 168 valence electrons. The van der Waals surface area contributed by atoms with Crippen molar-refractivity contribution < 1.29 is 24.1 Å². The number of halogens is 1. The van der Waals surface area contributed by atoms with Crippen LogP contribution in [0.1, 0.15) is 58.3 Å². The number of aliphatic hydroxyl groups excluding tert-OH is 1. The fraction of sp³-hybridized carbons (Fsp3) is 0.542. The number of hydrogen-bond acceptors (Lipinski definition) is 5. The average Bonchev–Trinajstić information content (AvgIpc) is 2.68. The zero-order valence-electron chi connectivity index (χ0n) is 19.1. The van der Waals surface area contributed by atoms with Gasteiger partial charge >= 0.3 is 5.97 Å². The number of rotatable bonds is 11. The number of methoxy groups -OCH3 is 1. The largest absolute Gasteiger partial charge is 0.496 e. The SMILES string of the molecule is COc1c([C@@H](O)CC(C)C)ccc(OC/C=C\C(C)=C(\Br)C(C)COC(C)=O)c1C. The van der Waals surface area contributed by atoms with E-state index in [0.717, 1.165) is 26.9 Å². The number of carbonyl (C=O) groups excluding carboxylic acids is 1. The fourth-order valence-corrected chi connectivity index (χ4v) is 3.37. The highest BCUT2D eigenvalue weighted by molar-refractivity contribution is 9.11. The minimum atomic E-state index is -0.563. The van der Waals surface area contributed by atoms with Gasteiger partial charge in [0.15, 0.2) is 0 Å². The van der Waals surface area contributed by atoms with Crippen molar-refractivity contribution >= 4 is 21.9 Å². The summed E-state index contributed by atoms with van der Waals surface area (Å²) in [5, 5.41) is 10.5. The van der Waals surface area contributed by atoms with Gasteiger partial charge in [-0.25, -0.2) is 0 Å². The van der Waals surface area contributed by atoms with Crippen LogP contribution in [0.2, 0.25) is 0 Å². The van der Waals surface area contributed by atoms with Gasteiger partial charge in [0.05, 0.1) is 19.8 Å². The molecule has 0 bridgehead atoms. The maximum Gasteiger partial charge on any atom is 0.302 e. The maximum absolute atomic E-state index is 11.0. The minimum absolute atomic E-state index is 0.0794. The van der Waals surface area contributed by atoms with Crippen LogP contribution in [0.4, 0.5) is 0 Å². The van der Waals surface area contributed by atoms with Crippen molar-refractivity contribution in [3.63, 3.8) is 0 Å². The van der Waals surface area contributed by atoms with Crippen molar-refractivity contribution in [2.45, 2.75) is 54.1 Å². The summed E-state index contributed by atoms with van der Waals surface area (Å²) in [5.41, 5.74) is 2.70. The first kappa shape index (κ1) is 26.2. The molecule has 6 heteroatoms. The van der Waals surface area contributed by atoms with Gasteiger partial charge in [-0.3, -0.25) is 4.79 Å². The first-order chi connectivity index (χ1) is 14.1. The fourth-order valence-electron chi connectivity index (χ4n) is 3.10. The lowest BCUT2D eigenvalue weighted by atomic mass is 9.97. The first-order valence-corrected chi connectivity index (χ1v) is 11.0. The molecule has 1 aromatic carbocycles. The first-order valence-electron chi connectivity index (χ1n) is 10.2. The molecular weight excluding hydrogens is 448 g/mol. The van der Waals surface area contributed by atoms with Crippen molar-refractivity contribution in [3.05, 3.63) is 45.5 Å². The molecule has 0 aromatic heterocycles. The lowest BCUT2D eigenvalue weighted by Crippen LogP contribution is -2.10. The van der Waals surface area contributed by atoms with E-state index in [1.165, 1.54) is 6.92 Å². The van der Waals surface area contributed by atoms with Crippen molar-refractivity contribution in [2.75, 3.05) is 20.3 Å². The molecule has 1 N–H and O–H groups in total. The number of allylic oxidation sites excluding steroid dienone is 2. The Balaban J connectivity index is 2.80. The van der Waals surface area contributed by atoms with E-state index in [1.807, 2.05) is 45.1 Å². The second-order valence-electron chi connectivity index (χ2n) is 7.90. The van der Waals surface area contributed by atoms with E-state index in [0.29, 0.717) is 31.3 Å². The van der Waals surface area contributed by atoms with Gasteiger partial charge in [-0.15, -0.1) is 0 Å². The monoisotopic (exact) mass is 482 g/mol. The van der Waals surface area contributed by atoms with E-state index in [4.69, 9.17) is 14.2 Å². The van der Waals surface area contributed by atoms with E-state index < -0.39 is 6.10 Å². The summed E-state index contributed by atoms with van der Waals surface area (Å²) < 4.78 is 17.5. The summed E-state index contributed by atoms with van der Waals surface area (Å²) in [5.74, 6) is 1.58. The Bertz CT molecular complexity index is 767. The van der Waals surface area contributed by atoms with Crippen molar-refractivity contribution in [2.24, 2.45) is 11.8 Å². The van der Waals surface area contributed by atoms with Gasteiger partial charge in [-0.2, -0.15) is 0 Å². The summed E-state index contributed by atoms with van der Waals surface area (Å²) in [4.78, 5) is 11.0. The van der Waals surface area contributed by atoms with Gasteiger partial charge in [0.2, 0.25) is 0 Å². The molecule has 0 heterocycles. The van der Waals surface area contributed by atoms with Gasteiger partial charge in [0.1, 0.15) is 18.1 Å². The quantitative estimate of drug-likeness (QED) is 0.314. The van der Waals surface area contributed by atoms with Crippen LogP contribution in [0, 0.1) is 18.8 Å². The molecule has 0 saturated heterocycles. The van der Waals surface area contributed by atoms with Crippen LogP contribution in [0.3, 0.4) is 0 Å². The molecule has 0 amide bonds. The summed E-state index contributed by atoms with van der Waals surface area (Å²) in [6.07, 6.45) is 4.02. The van der Waals surface area contributed by atoms with Crippen LogP contribution in [-0.2, 0) is 9.53 Å². The van der Waals surface area contributed by atoms with Crippen LogP contribution < -0.4 is 9.47 Å². The van der Waals surface area contributed by atoms with Gasteiger partial charge < -0.3 is 19.3 Å². The van der Waals surface area contributed by atoms with Crippen LogP contribution in [-0.4, -0.2) is 31.4 Å². The molecule has 0 aliphatic heterocycles. The third-order valence-corrected chi connectivity index (χ3v) is 6.10. The summed E-state index contributed by atoms with van der Waals surface area (Å²) >= 11 is 3.58. The summed E-state index contributed by atoms with van der Waals surface area (Å²) in [6.45, 7) is 12.2. The number of ether oxygens (including phenoxy) is 3. The second kappa shape index (κ2) is 12.8. The normalized spacial score (nSPS) is 14.5. The molecule has 0 saturated carbocycles. The highest BCUT2D eigenvalue weighted by Gasteiger charge is 2.18. The Morgan fingerprint density at radius 1 is 1.23 bits per heavy atom. The third-order valence-electron chi connectivity index (χ3n) is 4.69. The molecular formula is C24H35BrO5. The van der Waals surface area contributed by atoms with E-state index in [9.17, 15) is 9.90 Å².